The summed E-state index contributed by atoms with van der Waals surface area (Å²) < 4.78 is 10.1. The number of rotatable bonds is 3. The first-order chi connectivity index (χ1) is 17.7. The van der Waals surface area contributed by atoms with Crippen LogP contribution < -0.4 is 4.74 Å². The van der Waals surface area contributed by atoms with E-state index in [2.05, 4.69) is 48.3 Å². The summed E-state index contributed by atoms with van der Waals surface area (Å²) in [4.78, 5) is 9.67. The molecule has 0 saturated carbocycles. The van der Waals surface area contributed by atoms with E-state index in [4.69, 9.17) is 19.9 Å². The maximum absolute atomic E-state index is 6.49. The van der Waals surface area contributed by atoms with Crippen LogP contribution >= 0.6 is 0 Å². The van der Waals surface area contributed by atoms with Gasteiger partial charge in [-0.25, -0.2) is 19.2 Å². The Kier molecular flexibility index (Phi) is 4.51. The Morgan fingerprint density at radius 1 is 0.806 bits per heavy atom. The van der Waals surface area contributed by atoms with Crippen LogP contribution in [-0.2, 0) is 0 Å². The van der Waals surface area contributed by atoms with E-state index in [-0.39, 0.29) is 5.92 Å². The van der Waals surface area contributed by atoms with E-state index in [0.717, 1.165) is 44.8 Å². The third-order valence-electron chi connectivity index (χ3n) is 6.63. The van der Waals surface area contributed by atoms with Gasteiger partial charge < -0.3 is 4.74 Å². The highest BCUT2D eigenvalue weighted by molar-refractivity contribution is 5.69. The summed E-state index contributed by atoms with van der Waals surface area (Å²) in [6, 6.07) is 28.6. The number of fused-ring (bicyclic) bond motifs is 4. The lowest BCUT2D eigenvalue weighted by Crippen LogP contribution is -2.16. The number of benzene rings is 3. The molecular weight excluding hydrogens is 448 g/mol. The molecule has 4 heterocycles. The Labute approximate surface area is 207 Å². The zero-order valence-electron chi connectivity index (χ0n) is 19.8. The van der Waals surface area contributed by atoms with Crippen molar-refractivity contribution in [3.8, 4) is 28.8 Å². The van der Waals surface area contributed by atoms with Crippen LogP contribution in [0.1, 0.15) is 33.9 Å². The van der Waals surface area contributed by atoms with E-state index in [1.54, 1.807) is 10.8 Å². The first-order valence-electron chi connectivity index (χ1n) is 11.9. The van der Waals surface area contributed by atoms with Gasteiger partial charge in [0.1, 0.15) is 6.33 Å². The predicted octanol–water partition coefficient (Wildman–Crippen LogP) is 5.88. The molecule has 1 aliphatic heterocycles. The molecule has 174 valence electrons. The van der Waals surface area contributed by atoms with Crippen molar-refractivity contribution >= 4 is 5.65 Å². The molecule has 0 aliphatic carbocycles. The molecule has 7 nitrogen and oxygen atoms in total. The fraction of sp³-hybridized carbons (Fsp3) is 0.103. The lowest BCUT2D eigenvalue weighted by molar-refractivity contribution is 0.402. The number of hydrogen-bond donors (Lipinski definition) is 0. The molecular formula is C29H22N6O. The summed E-state index contributed by atoms with van der Waals surface area (Å²) in [5.74, 6) is 1.69. The van der Waals surface area contributed by atoms with Gasteiger partial charge >= 0.3 is 0 Å². The molecule has 0 saturated heterocycles. The topological polar surface area (TPSA) is 70.1 Å². The van der Waals surface area contributed by atoms with Gasteiger partial charge in [0.25, 0.3) is 0 Å². The smallest absolute Gasteiger partial charge is 0.230 e. The minimum atomic E-state index is -0.159. The number of para-hydroxylation sites is 1. The number of hydrogen-bond acceptors (Lipinski definition) is 5. The van der Waals surface area contributed by atoms with Crippen molar-refractivity contribution in [1.29, 1.82) is 0 Å². The predicted molar refractivity (Wildman–Crippen MR) is 137 cm³/mol. The van der Waals surface area contributed by atoms with Crippen molar-refractivity contribution in [3.05, 3.63) is 119 Å². The molecule has 0 unspecified atom stereocenters. The molecule has 3 aromatic carbocycles. The molecule has 7 heteroatoms. The number of aromatic nitrogens is 6. The number of ether oxygens (including phenoxy) is 1. The van der Waals surface area contributed by atoms with Gasteiger partial charge in [0.15, 0.2) is 11.5 Å². The second-order valence-corrected chi connectivity index (χ2v) is 9.03. The van der Waals surface area contributed by atoms with Crippen LogP contribution in [0.4, 0.5) is 0 Å². The second kappa shape index (κ2) is 7.88. The van der Waals surface area contributed by atoms with Gasteiger partial charge in [-0.2, -0.15) is 5.10 Å². The molecule has 7 rings (SSSR count). The maximum atomic E-state index is 6.49. The van der Waals surface area contributed by atoms with Crippen LogP contribution in [0.3, 0.4) is 0 Å². The maximum Gasteiger partial charge on any atom is 0.230 e. The molecule has 0 radical (unpaired) electrons. The SMILES string of the molecule is Cc1cccc(-c2nc3c4c(ncn3n2)Oc2c(c(C)nn2-c2ccccc2)[C@H]4c2ccccc2)c1. The molecule has 0 bridgehead atoms. The highest BCUT2D eigenvalue weighted by atomic mass is 16.5. The van der Waals surface area contributed by atoms with Crippen LogP contribution in [0.15, 0.2) is 91.3 Å². The third-order valence-corrected chi connectivity index (χ3v) is 6.63. The van der Waals surface area contributed by atoms with Gasteiger partial charge in [0, 0.05) is 5.56 Å². The molecule has 0 N–H and O–H groups in total. The van der Waals surface area contributed by atoms with Gasteiger partial charge in [0.05, 0.1) is 28.4 Å². The minimum Gasteiger partial charge on any atom is -0.420 e. The van der Waals surface area contributed by atoms with E-state index in [1.807, 2.05) is 60.1 Å². The second-order valence-electron chi connectivity index (χ2n) is 9.03. The zero-order valence-corrected chi connectivity index (χ0v) is 19.8. The fourth-order valence-electron chi connectivity index (χ4n) is 5.01. The van der Waals surface area contributed by atoms with Gasteiger partial charge in [0.2, 0.25) is 11.8 Å². The minimum absolute atomic E-state index is 0.159. The zero-order chi connectivity index (χ0) is 24.2. The summed E-state index contributed by atoms with van der Waals surface area (Å²) >= 11 is 0. The molecule has 1 aliphatic rings. The molecule has 1 atom stereocenters. The average Bonchev–Trinajstić information content (AvgIpc) is 3.50. The van der Waals surface area contributed by atoms with Crippen molar-refractivity contribution in [1.82, 2.24) is 29.4 Å². The quantitative estimate of drug-likeness (QED) is 0.323. The van der Waals surface area contributed by atoms with E-state index in [1.165, 1.54) is 0 Å². The Balaban J connectivity index is 1.49. The number of aryl methyl sites for hydroxylation is 2. The Hall–Kier alpha value is -4.78. The summed E-state index contributed by atoms with van der Waals surface area (Å²) in [6.07, 6.45) is 1.67. The van der Waals surface area contributed by atoms with Crippen LogP contribution in [0.2, 0.25) is 0 Å². The third kappa shape index (κ3) is 3.13. The summed E-state index contributed by atoms with van der Waals surface area (Å²) in [7, 11) is 0. The van der Waals surface area contributed by atoms with E-state index >= 15 is 0 Å². The van der Waals surface area contributed by atoms with Crippen molar-refractivity contribution < 1.29 is 4.74 Å². The van der Waals surface area contributed by atoms with E-state index in [0.29, 0.717) is 17.6 Å². The molecule has 0 amide bonds. The van der Waals surface area contributed by atoms with Crippen LogP contribution in [0.5, 0.6) is 11.8 Å². The van der Waals surface area contributed by atoms with Crippen molar-refractivity contribution in [2.75, 3.05) is 0 Å². The molecule has 36 heavy (non-hydrogen) atoms. The lowest BCUT2D eigenvalue weighted by atomic mass is 9.84. The van der Waals surface area contributed by atoms with Crippen molar-refractivity contribution in [3.63, 3.8) is 0 Å². The molecule has 0 spiro atoms. The van der Waals surface area contributed by atoms with Gasteiger partial charge in [-0.3, -0.25) is 0 Å². The molecule has 0 fully saturated rings. The summed E-state index contributed by atoms with van der Waals surface area (Å²) in [5.41, 5.74) is 7.69. The summed E-state index contributed by atoms with van der Waals surface area (Å²) in [5, 5.41) is 9.64. The monoisotopic (exact) mass is 470 g/mol. The fourth-order valence-corrected chi connectivity index (χ4v) is 5.01. The molecule has 3 aromatic heterocycles. The van der Waals surface area contributed by atoms with E-state index in [9.17, 15) is 0 Å². The van der Waals surface area contributed by atoms with Crippen molar-refractivity contribution in [2.45, 2.75) is 19.8 Å². The summed E-state index contributed by atoms with van der Waals surface area (Å²) in [6.45, 7) is 4.09. The van der Waals surface area contributed by atoms with Crippen LogP contribution in [-0.4, -0.2) is 29.4 Å². The normalized spacial score (nSPS) is 14.3. The Bertz CT molecular complexity index is 1740. The first kappa shape index (κ1) is 20.6. The standard InChI is InChI=1S/C29H22N6O/c1-18-10-9-13-21(16-18)26-31-27-25-24(20-11-5-3-6-12-20)23-19(2)32-35(22-14-7-4-8-15-22)29(23)36-28(25)30-17-34(27)33-26/h3-17,24H,1-2H3/t24-/m1/s1. The Morgan fingerprint density at radius 3 is 2.36 bits per heavy atom. The first-order valence-corrected chi connectivity index (χ1v) is 11.9. The Morgan fingerprint density at radius 2 is 1.58 bits per heavy atom. The van der Waals surface area contributed by atoms with Gasteiger partial charge in [-0.05, 0) is 37.6 Å². The van der Waals surface area contributed by atoms with E-state index < -0.39 is 0 Å². The highest BCUT2D eigenvalue weighted by Gasteiger charge is 2.38. The van der Waals surface area contributed by atoms with Gasteiger partial charge in [-0.1, -0.05) is 72.3 Å². The van der Waals surface area contributed by atoms with Gasteiger partial charge in [-0.15, -0.1) is 5.10 Å². The average molecular weight is 471 g/mol. The van der Waals surface area contributed by atoms with Crippen molar-refractivity contribution in [2.24, 2.45) is 0 Å². The number of nitrogens with zero attached hydrogens (tertiary/aromatic N) is 6. The lowest BCUT2D eigenvalue weighted by Gasteiger charge is -2.26. The molecule has 6 aromatic rings. The van der Waals surface area contributed by atoms with Crippen LogP contribution in [0, 0.1) is 13.8 Å². The largest absolute Gasteiger partial charge is 0.420 e. The highest BCUT2D eigenvalue weighted by Crippen LogP contribution is 2.49. The van der Waals surface area contributed by atoms with Crippen LogP contribution in [0.25, 0.3) is 22.7 Å².